The van der Waals surface area contributed by atoms with Crippen molar-refractivity contribution in [3.05, 3.63) is 76.2 Å². The molecule has 0 radical (unpaired) electrons. The Bertz CT molecular complexity index is 1000. The van der Waals surface area contributed by atoms with Crippen molar-refractivity contribution < 1.29 is 18.9 Å². The Morgan fingerprint density at radius 2 is 2.04 bits per heavy atom. The average Bonchev–Trinajstić information content (AvgIpc) is 3.12. The zero-order chi connectivity index (χ0) is 19.4. The lowest BCUT2D eigenvalue weighted by molar-refractivity contribution is -0.384. The van der Waals surface area contributed by atoms with Crippen LogP contribution in [0.2, 0.25) is 0 Å². The van der Waals surface area contributed by atoms with E-state index in [9.17, 15) is 19.3 Å². The smallest absolute Gasteiger partial charge is 0.274 e. The molecule has 138 valence electrons. The number of benzene rings is 2. The van der Waals surface area contributed by atoms with Gasteiger partial charge in [0.05, 0.1) is 22.9 Å². The van der Waals surface area contributed by atoms with Gasteiger partial charge in [0, 0.05) is 17.7 Å². The highest BCUT2D eigenvalue weighted by Gasteiger charge is 2.20. The third kappa shape index (κ3) is 3.82. The Balaban J connectivity index is 2.13. The van der Waals surface area contributed by atoms with E-state index in [0.717, 1.165) is 0 Å². The van der Waals surface area contributed by atoms with E-state index in [4.69, 9.17) is 4.84 Å². The van der Waals surface area contributed by atoms with Gasteiger partial charge in [0.25, 0.3) is 11.6 Å². The van der Waals surface area contributed by atoms with Crippen LogP contribution in [0.3, 0.4) is 0 Å². The lowest BCUT2D eigenvalue weighted by Gasteiger charge is -2.07. The summed E-state index contributed by atoms with van der Waals surface area (Å²) in [7, 11) is 0. The van der Waals surface area contributed by atoms with Crippen molar-refractivity contribution in [3.8, 4) is 16.9 Å². The van der Waals surface area contributed by atoms with Gasteiger partial charge >= 0.3 is 0 Å². The van der Waals surface area contributed by atoms with E-state index >= 15 is 0 Å². The first kappa shape index (κ1) is 18.2. The first-order valence-electron chi connectivity index (χ1n) is 8.03. The van der Waals surface area contributed by atoms with E-state index in [0.29, 0.717) is 0 Å². The molecule has 1 amide bonds. The van der Waals surface area contributed by atoms with Gasteiger partial charge in [-0.05, 0) is 31.2 Å². The van der Waals surface area contributed by atoms with Crippen LogP contribution in [0.15, 0.2) is 54.6 Å². The molecule has 0 spiro atoms. The molecule has 1 aromatic heterocycles. The van der Waals surface area contributed by atoms with E-state index in [2.05, 4.69) is 10.6 Å². The Hall–Kier alpha value is -3.59. The van der Waals surface area contributed by atoms with Crippen LogP contribution in [-0.4, -0.2) is 27.2 Å². The summed E-state index contributed by atoms with van der Waals surface area (Å²) in [6, 6.07) is 13.0. The number of aromatic nitrogens is 2. The fourth-order valence-electron chi connectivity index (χ4n) is 2.47. The Kier molecular flexibility index (Phi) is 5.23. The summed E-state index contributed by atoms with van der Waals surface area (Å²) in [5.41, 5.74) is 2.83. The molecule has 9 heteroatoms. The molecular weight excluding hydrogens is 355 g/mol. The van der Waals surface area contributed by atoms with Crippen molar-refractivity contribution >= 4 is 11.6 Å². The fourth-order valence-corrected chi connectivity index (χ4v) is 2.47. The minimum Gasteiger partial charge on any atom is -0.274 e. The quantitative estimate of drug-likeness (QED) is 0.530. The van der Waals surface area contributed by atoms with Crippen molar-refractivity contribution in [2.45, 2.75) is 6.92 Å². The topological polar surface area (TPSA) is 99.3 Å². The summed E-state index contributed by atoms with van der Waals surface area (Å²) in [5.74, 6) is -1.11. The molecule has 27 heavy (non-hydrogen) atoms. The summed E-state index contributed by atoms with van der Waals surface area (Å²) < 4.78 is 15.3. The molecule has 0 unspecified atom stereocenters. The van der Waals surface area contributed by atoms with Gasteiger partial charge < -0.3 is 0 Å². The normalized spacial score (nSPS) is 10.6. The van der Waals surface area contributed by atoms with Gasteiger partial charge in [-0.1, -0.05) is 18.2 Å². The number of halogens is 1. The van der Waals surface area contributed by atoms with Crippen LogP contribution in [0.25, 0.3) is 16.9 Å². The van der Waals surface area contributed by atoms with Gasteiger partial charge in [-0.3, -0.25) is 19.7 Å². The van der Waals surface area contributed by atoms with E-state index in [1.807, 2.05) is 0 Å². The molecule has 0 fully saturated rings. The van der Waals surface area contributed by atoms with Gasteiger partial charge in [-0.2, -0.15) is 5.10 Å². The van der Waals surface area contributed by atoms with Crippen LogP contribution in [0.5, 0.6) is 0 Å². The molecule has 2 aromatic carbocycles. The van der Waals surface area contributed by atoms with Crippen LogP contribution in [0.4, 0.5) is 10.1 Å². The molecule has 0 aliphatic rings. The first-order chi connectivity index (χ1) is 13.0. The number of nitro benzene ring substituents is 1. The van der Waals surface area contributed by atoms with E-state index < -0.39 is 16.6 Å². The van der Waals surface area contributed by atoms with Crippen molar-refractivity contribution in [2.24, 2.45) is 0 Å². The van der Waals surface area contributed by atoms with Crippen LogP contribution < -0.4 is 5.48 Å². The maximum Gasteiger partial charge on any atom is 0.293 e. The molecule has 0 atom stereocenters. The van der Waals surface area contributed by atoms with Crippen molar-refractivity contribution in [2.75, 3.05) is 6.61 Å². The number of rotatable bonds is 6. The molecular formula is C18H15FN4O4. The molecule has 0 saturated carbocycles. The predicted octanol–water partition coefficient (Wildman–Crippen LogP) is 3.27. The van der Waals surface area contributed by atoms with Crippen LogP contribution in [-0.2, 0) is 4.84 Å². The second-order valence-electron chi connectivity index (χ2n) is 5.45. The molecule has 3 aromatic rings. The maximum absolute atomic E-state index is 14.1. The number of nitrogens with zero attached hydrogens (tertiary/aromatic N) is 3. The number of hydroxylamine groups is 1. The highest BCUT2D eigenvalue weighted by Crippen LogP contribution is 2.25. The fraction of sp³-hybridized carbons (Fsp3) is 0.111. The number of carbonyl (C=O) groups excluding carboxylic acids is 1. The monoisotopic (exact) mass is 370 g/mol. The van der Waals surface area contributed by atoms with Gasteiger partial charge in [0.15, 0.2) is 0 Å². The number of non-ortho nitro benzene ring substituents is 1. The average molecular weight is 370 g/mol. The van der Waals surface area contributed by atoms with Crippen molar-refractivity contribution in [1.29, 1.82) is 0 Å². The number of nitro groups is 1. The maximum atomic E-state index is 14.1. The lowest BCUT2D eigenvalue weighted by atomic mass is 10.1. The largest absolute Gasteiger partial charge is 0.293 e. The van der Waals surface area contributed by atoms with Gasteiger partial charge in [0.1, 0.15) is 11.5 Å². The molecule has 0 bridgehead atoms. The second-order valence-corrected chi connectivity index (χ2v) is 5.45. The third-order valence-electron chi connectivity index (χ3n) is 3.69. The Labute approximate surface area is 153 Å². The SMILES string of the molecule is CCONC(=O)c1cc(-c2ccccc2F)nn1-c1cccc([N+](=O)[O-])c1. The summed E-state index contributed by atoms with van der Waals surface area (Å²) in [4.78, 5) is 27.8. The standard InChI is InChI=1S/C18H15FN4O4/c1-2-27-21-18(24)17-11-16(14-8-3-4-9-15(14)19)20-22(17)12-6-5-7-13(10-12)23(25)26/h3-11H,2H2,1H3,(H,21,24). The van der Waals surface area contributed by atoms with Gasteiger partial charge in [-0.15, -0.1) is 0 Å². The molecule has 0 aliphatic heterocycles. The number of nitrogens with one attached hydrogen (secondary N) is 1. The highest BCUT2D eigenvalue weighted by atomic mass is 19.1. The predicted molar refractivity (Wildman–Crippen MR) is 94.7 cm³/mol. The number of carbonyl (C=O) groups is 1. The molecule has 1 N–H and O–H groups in total. The molecule has 8 nitrogen and oxygen atoms in total. The highest BCUT2D eigenvalue weighted by molar-refractivity contribution is 5.93. The minimum absolute atomic E-state index is 0.0437. The summed E-state index contributed by atoms with van der Waals surface area (Å²) >= 11 is 0. The van der Waals surface area contributed by atoms with E-state index in [1.165, 1.54) is 41.1 Å². The molecule has 1 heterocycles. The van der Waals surface area contributed by atoms with Crippen LogP contribution >= 0.6 is 0 Å². The lowest BCUT2D eigenvalue weighted by Crippen LogP contribution is -2.26. The second kappa shape index (κ2) is 7.75. The minimum atomic E-state index is -0.613. The zero-order valence-electron chi connectivity index (χ0n) is 14.3. The van der Waals surface area contributed by atoms with E-state index in [1.54, 1.807) is 25.1 Å². The van der Waals surface area contributed by atoms with Crippen LogP contribution in [0, 0.1) is 15.9 Å². The molecule has 0 aliphatic carbocycles. The molecule has 0 saturated heterocycles. The Morgan fingerprint density at radius 3 is 2.74 bits per heavy atom. The van der Waals surface area contributed by atoms with Gasteiger partial charge in [-0.25, -0.2) is 14.6 Å². The van der Waals surface area contributed by atoms with Gasteiger partial charge in [0.2, 0.25) is 0 Å². The van der Waals surface area contributed by atoms with Crippen LogP contribution in [0.1, 0.15) is 17.4 Å². The number of amides is 1. The van der Waals surface area contributed by atoms with Crippen molar-refractivity contribution in [3.63, 3.8) is 0 Å². The Morgan fingerprint density at radius 1 is 1.26 bits per heavy atom. The summed E-state index contributed by atoms with van der Waals surface area (Å²) in [5, 5.41) is 15.3. The van der Waals surface area contributed by atoms with Crippen molar-refractivity contribution in [1.82, 2.24) is 15.3 Å². The summed E-state index contributed by atoms with van der Waals surface area (Å²) in [6.07, 6.45) is 0. The summed E-state index contributed by atoms with van der Waals surface area (Å²) in [6.45, 7) is 1.94. The first-order valence-corrected chi connectivity index (χ1v) is 8.03. The number of hydrogen-bond donors (Lipinski definition) is 1. The molecule has 3 rings (SSSR count). The number of hydrogen-bond acceptors (Lipinski definition) is 5. The van der Waals surface area contributed by atoms with E-state index in [-0.39, 0.29) is 34.9 Å². The zero-order valence-corrected chi connectivity index (χ0v) is 14.3. The third-order valence-corrected chi connectivity index (χ3v) is 3.69.